The van der Waals surface area contributed by atoms with Crippen molar-refractivity contribution in [3.05, 3.63) is 0 Å². The fourth-order valence-corrected chi connectivity index (χ4v) is 2.06. The molecule has 1 rings (SSSR count). The third-order valence-electron chi connectivity index (χ3n) is 3.22. The molecule has 2 atom stereocenters. The van der Waals surface area contributed by atoms with Gasteiger partial charge in [-0.2, -0.15) is 0 Å². The molecule has 72 valence electrons. The summed E-state index contributed by atoms with van der Waals surface area (Å²) < 4.78 is 0. The van der Waals surface area contributed by atoms with E-state index in [0.29, 0.717) is 5.92 Å². The van der Waals surface area contributed by atoms with Crippen LogP contribution in [0.2, 0.25) is 0 Å². The molecule has 1 N–H and O–H groups in total. The maximum atomic E-state index is 10.3. The first-order valence-corrected chi connectivity index (χ1v) is 4.99. The van der Waals surface area contributed by atoms with Gasteiger partial charge in [0.2, 0.25) is 0 Å². The number of likely N-dealkylation sites (N-methyl/N-ethyl adjacent to an activating group) is 1. The molecule has 0 amide bonds. The van der Waals surface area contributed by atoms with Crippen molar-refractivity contribution in [3.8, 4) is 0 Å². The lowest BCUT2D eigenvalue weighted by Gasteiger charge is -2.41. The number of hydrogen-bond acceptors (Lipinski definition) is 2. The monoisotopic (exact) mass is 171 g/mol. The minimum Gasteiger partial charge on any atom is -0.388 e. The van der Waals surface area contributed by atoms with Gasteiger partial charge < -0.3 is 10.0 Å². The minimum atomic E-state index is -0.415. The normalized spacial score (nSPS) is 35.0. The Morgan fingerprint density at radius 2 is 2.25 bits per heavy atom. The van der Waals surface area contributed by atoms with Gasteiger partial charge in [-0.1, -0.05) is 20.3 Å². The Hall–Kier alpha value is -0.0800. The predicted molar refractivity (Wildman–Crippen MR) is 51.1 cm³/mol. The largest absolute Gasteiger partial charge is 0.388 e. The maximum Gasteiger partial charge on any atom is 0.0799 e. The molecule has 0 aliphatic carbocycles. The average molecular weight is 171 g/mol. The molecule has 1 heterocycles. The molecule has 0 aromatic heterocycles. The summed E-state index contributed by atoms with van der Waals surface area (Å²) in [6, 6.07) is 0. The van der Waals surface area contributed by atoms with Gasteiger partial charge in [0.05, 0.1) is 5.60 Å². The van der Waals surface area contributed by atoms with Crippen LogP contribution in [-0.4, -0.2) is 35.7 Å². The molecule has 1 saturated heterocycles. The Balaban J connectivity index is 2.56. The first-order chi connectivity index (χ1) is 5.58. The second-order valence-electron chi connectivity index (χ2n) is 4.25. The maximum absolute atomic E-state index is 10.3. The Labute approximate surface area is 75.6 Å². The average Bonchev–Trinajstić information content (AvgIpc) is 2.02. The Bertz CT molecular complexity index is 149. The summed E-state index contributed by atoms with van der Waals surface area (Å²) in [5, 5.41) is 10.3. The summed E-state index contributed by atoms with van der Waals surface area (Å²) in [6.07, 6.45) is 3.19. The number of piperidine rings is 1. The fourth-order valence-electron chi connectivity index (χ4n) is 2.06. The number of hydrogen-bond donors (Lipinski definition) is 1. The zero-order valence-corrected chi connectivity index (χ0v) is 8.51. The van der Waals surface area contributed by atoms with Gasteiger partial charge in [-0.3, -0.25) is 0 Å². The van der Waals surface area contributed by atoms with Gasteiger partial charge in [0.25, 0.3) is 0 Å². The third-order valence-corrected chi connectivity index (χ3v) is 3.22. The van der Waals surface area contributed by atoms with Crippen molar-refractivity contribution < 1.29 is 5.11 Å². The van der Waals surface area contributed by atoms with Crippen LogP contribution in [0.5, 0.6) is 0 Å². The van der Waals surface area contributed by atoms with E-state index in [-0.39, 0.29) is 0 Å². The molecule has 0 spiro atoms. The van der Waals surface area contributed by atoms with Crippen LogP contribution in [-0.2, 0) is 0 Å². The standard InChI is InChI=1S/C10H21NO/c1-4-9(2)10(12)6-5-7-11(3)8-10/h9,12H,4-8H2,1-3H3. The predicted octanol–water partition coefficient (Wildman–Crippen LogP) is 1.49. The first-order valence-electron chi connectivity index (χ1n) is 4.99. The third kappa shape index (κ3) is 1.99. The fraction of sp³-hybridized carbons (Fsp3) is 1.00. The molecule has 1 fully saturated rings. The highest BCUT2D eigenvalue weighted by Gasteiger charge is 2.35. The molecule has 0 aromatic carbocycles. The molecule has 0 radical (unpaired) electrons. The summed E-state index contributed by atoms with van der Waals surface area (Å²) in [4.78, 5) is 2.23. The van der Waals surface area contributed by atoms with Crippen molar-refractivity contribution in [3.63, 3.8) is 0 Å². The van der Waals surface area contributed by atoms with Gasteiger partial charge in [-0.25, -0.2) is 0 Å². The quantitative estimate of drug-likeness (QED) is 0.680. The van der Waals surface area contributed by atoms with E-state index in [0.717, 1.165) is 32.4 Å². The SMILES string of the molecule is CCC(C)C1(O)CCCN(C)C1. The molecule has 0 saturated carbocycles. The van der Waals surface area contributed by atoms with E-state index in [1.807, 2.05) is 0 Å². The molecule has 1 aliphatic heterocycles. The van der Waals surface area contributed by atoms with Crippen LogP contribution in [0.25, 0.3) is 0 Å². The lowest BCUT2D eigenvalue weighted by atomic mass is 9.80. The van der Waals surface area contributed by atoms with Crippen molar-refractivity contribution in [1.29, 1.82) is 0 Å². The molecule has 12 heavy (non-hydrogen) atoms. The molecular formula is C10H21NO. The number of likely N-dealkylation sites (tertiary alicyclic amines) is 1. The van der Waals surface area contributed by atoms with Crippen molar-refractivity contribution in [2.24, 2.45) is 5.92 Å². The van der Waals surface area contributed by atoms with Gasteiger partial charge >= 0.3 is 0 Å². The van der Waals surface area contributed by atoms with Crippen LogP contribution in [0.15, 0.2) is 0 Å². The van der Waals surface area contributed by atoms with Gasteiger partial charge in [-0.05, 0) is 32.4 Å². The van der Waals surface area contributed by atoms with E-state index in [9.17, 15) is 5.11 Å². The number of aliphatic hydroxyl groups is 1. The Morgan fingerprint density at radius 1 is 1.58 bits per heavy atom. The highest BCUT2D eigenvalue weighted by Crippen LogP contribution is 2.29. The second-order valence-corrected chi connectivity index (χ2v) is 4.25. The van der Waals surface area contributed by atoms with Crippen LogP contribution in [0.1, 0.15) is 33.1 Å². The number of β-amino-alcohol motifs (C(OH)–C–C–N with tert-alkyl or cyclic N) is 1. The lowest BCUT2D eigenvalue weighted by molar-refractivity contribution is -0.0646. The van der Waals surface area contributed by atoms with E-state index in [2.05, 4.69) is 25.8 Å². The summed E-state index contributed by atoms with van der Waals surface area (Å²) in [5.41, 5.74) is -0.415. The molecule has 2 unspecified atom stereocenters. The second kappa shape index (κ2) is 3.75. The smallest absolute Gasteiger partial charge is 0.0799 e. The Morgan fingerprint density at radius 3 is 2.75 bits per heavy atom. The number of rotatable bonds is 2. The van der Waals surface area contributed by atoms with Gasteiger partial charge in [0, 0.05) is 6.54 Å². The summed E-state index contributed by atoms with van der Waals surface area (Å²) in [6.45, 7) is 6.29. The van der Waals surface area contributed by atoms with Gasteiger partial charge in [-0.15, -0.1) is 0 Å². The zero-order chi connectivity index (χ0) is 9.19. The molecule has 0 bridgehead atoms. The molecule has 0 aromatic rings. The topological polar surface area (TPSA) is 23.5 Å². The van der Waals surface area contributed by atoms with Crippen LogP contribution in [0.3, 0.4) is 0 Å². The van der Waals surface area contributed by atoms with Crippen molar-refractivity contribution in [2.75, 3.05) is 20.1 Å². The van der Waals surface area contributed by atoms with Crippen LogP contribution in [0.4, 0.5) is 0 Å². The zero-order valence-electron chi connectivity index (χ0n) is 8.51. The molecule has 1 aliphatic rings. The van der Waals surface area contributed by atoms with Gasteiger partial charge in [0.1, 0.15) is 0 Å². The van der Waals surface area contributed by atoms with Crippen molar-refractivity contribution >= 4 is 0 Å². The summed E-state index contributed by atoms with van der Waals surface area (Å²) >= 11 is 0. The minimum absolute atomic E-state index is 0.415. The van der Waals surface area contributed by atoms with Crippen molar-refractivity contribution in [2.45, 2.75) is 38.7 Å². The van der Waals surface area contributed by atoms with E-state index in [1.165, 1.54) is 0 Å². The van der Waals surface area contributed by atoms with E-state index < -0.39 is 5.60 Å². The van der Waals surface area contributed by atoms with E-state index >= 15 is 0 Å². The van der Waals surface area contributed by atoms with Crippen molar-refractivity contribution in [1.82, 2.24) is 4.90 Å². The van der Waals surface area contributed by atoms with E-state index in [4.69, 9.17) is 0 Å². The van der Waals surface area contributed by atoms with Crippen LogP contribution >= 0.6 is 0 Å². The van der Waals surface area contributed by atoms with Crippen LogP contribution < -0.4 is 0 Å². The lowest BCUT2D eigenvalue weighted by Crippen LogP contribution is -2.50. The summed E-state index contributed by atoms with van der Waals surface area (Å²) in [5.74, 6) is 0.431. The molecular weight excluding hydrogens is 150 g/mol. The first kappa shape index (κ1) is 10.0. The molecule has 2 heteroatoms. The highest BCUT2D eigenvalue weighted by molar-refractivity contribution is 4.89. The highest BCUT2D eigenvalue weighted by atomic mass is 16.3. The Kier molecular flexibility index (Phi) is 3.13. The number of nitrogens with zero attached hydrogens (tertiary/aromatic N) is 1. The van der Waals surface area contributed by atoms with Crippen LogP contribution in [0, 0.1) is 5.92 Å². The molecule has 2 nitrogen and oxygen atoms in total. The summed E-state index contributed by atoms with van der Waals surface area (Å²) in [7, 11) is 2.09. The van der Waals surface area contributed by atoms with E-state index in [1.54, 1.807) is 0 Å². The van der Waals surface area contributed by atoms with Gasteiger partial charge in [0.15, 0.2) is 0 Å².